The maximum absolute atomic E-state index is 13.6. The van der Waals surface area contributed by atoms with Crippen LogP contribution in [0.15, 0.2) is 29.6 Å². The zero-order valence-electron chi connectivity index (χ0n) is 14.9. The van der Waals surface area contributed by atoms with Gasteiger partial charge in [-0.1, -0.05) is 12.1 Å². The Labute approximate surface area is 161 Å². The van der Waals surface area contributed by atoms with Crippen LogP contribution in [-0.2, 0) is 6.54 Å². The third-order valence-electron chi connectivity index (χ3n) is 4.44. The van der Waals surface area contributed by atoms with Crippen LogP contribution in [0.3, 0.4) is 0 Å². The second-order valence-electron chi connectivity index (χ2n) is 6.20. The topological polar surface area (TPSA) is 91.6 Å². The van der Waals surface area contributed by atoms with Crippen LogP contribution in [0.5, 0.6) is 0 Å². The molecule has 2 heterocycles. The van der Waals surface area contributed by atoms with Gasteiger partial charge in [-0.05, 0) is 12.1 Å². The van der Waals surface area contributed by atoms with Crippen molar-refractivity contribution in [2.75, 3.05) is 39.3 Å². The summed E-state index contributed by atoms with van der Waals surface area (Å²) in [6.07, 6.45) is 0. The predicted octanol–water partition coefficient (Wildman–Crippen LogP) is 0.929. The van der Waals surface area contributed by atoms with Crippen molar-refractivity contribution >= 4 is 23.2 Å². The Morgan fingerprint density at radius 2 is 1.96 bits per heavy atom. The summed E-state index contributed by atoms with van der Waals surface area (Å²) in [5, 5.41) is 5.23. The fourth-order valence-corrected chi connectivity index (χ4v) is 3.56. The molecule has 9 heteroatoms. The minimum absolute atomic E-state index is 0.0491. The highest BCUT2D eigenvalue weighted by atomic mass is 32.1. The highest BCUT2D eigenvalue weighted by Gasteiger charge is 2.23. The van der Waals surface area contributed by atoms with Gasteiger partial charge in [-0.15, -0.1) is 11.3 Å². The molecule has 2 amide bonds. The molecule has 3 rings (SSSR count). The number of halogens is 1. The van der Waals surface area contributed by atoms with Gasteiger partial charge in [0.1, 0.15) is 16.5 Å². The quantitative estimate of drug-likeness (QED) is 0.764. The van der Waals surface area contributed by atoms with Gasteiger partial charge in [-0.2, -0.15) is 0 Å². The number of carbonyl (C=O) groups excluding carboxylic acids is 2. The Morgan fingerprint density at radius 1 is 1.22 bits per heavy atom. The first kappa shape index (κ1) is 19.4. The molecule has 1 aromatic heterocycles. The fourth-order valence-electron chi connectivity index (χ4n) is 2.91. The van der Waals surface area contributed by atoms with Crippen LogP contribution in [0.1, 0.15) is 25.9 Å². The number of aromatic nitrogens is 1. The molecule has 27 heavy (non-hydrogen) atoms. The molecule has 1 saturated heterocycles. The number of carbonyl (C=O) groups is 2. The average molecular weight is 391 g/mol. The van der Waals surface area contributed by atoms with Gasteiger partial charge in [0.15, 0.2) is 0 Å². The molecule has 0 aliphatic carbocycles. The summed E-state index contributed by atoms with van der Waals surface area (Å²) >= 11 is 1.39. The molecular formula is C18H22FN5O2S. The molecule has 0 unspecified atom stereocenters. The maximum Gasteiger partial charge on any atom is 0.273 e. The highest BCUT2D eigenvalue weighted by molar-refractivity contribution is 7.09. The van der Waals surface area contributed by atoms with E-state index in [0.29, 0.717) is 38.4 Å². The number of benzene rings is 1. The van der Waals surface area contributed by atoms with Crippen molar-refractivity contribution < 1.29 is 14.0 Å². The summed E-state index contributed by atoms with van der Waals surface area (Å²) < 4.78 is 13.6. The van der Waals surface area contributed by atoms with E-state index in [-0.39, 0.29) is 11.5 Å². The number of hydrogen-bond donors (Lipinski definition) is 2. The summed E-state index contributed by atoms with van der Waals surface area (Å²) in [5.41, 5.74) is 6.04. The van der Waals surface area contributed by atoms with E-state index in [4.69, 9.17) is 5.73 Å². The van der Waals surface area contributed by atoms with E-state index < -0.39 is 11.7 Å². The van der Waals surface area contributed by atoms with Crippen molar-refractivity contribution in [1.82, 2.24) is 20.1 Å². The Balaban J connectivity index is 1.41. The van der Waals surface area contributed by atoms with Gasteiger partial charge in [-0.25, -0.2) is 9.37 Å². The summed E-state index contributed by atoms with van der Waals surface area (Å²) in [4.78, 5) is 32.6. The second-order valence-corrected chi connectivity index (χ2v) is 7.14. The zero-order valence-corrected chi connectivity index (χ0v) is 15.7. The summed E-state index contributed by atoms with van der Waals surface area (Å²) in [5.74, 6) is -1.01. The Morgan fingerprint density at radius 3 is 2.63 bits per heavy atom. The van der Waals surface area contributed by atoms with E-state index in [0.717, 1.165) is 18.1 Å². The van der Waals surface area contributed by atoms with Gasteiger partial charge >= 0.3 is 0 Å². The van der Waals surface area contributed by atoms with Crippen LogP contribution >= 0.6 is 11.3 Å². The molecule has 1 aromatic carbocycles. The maximum atomic E-state index is 13.6. The monoisotopic (exact) mass is 391 g/mol. The van der Waals surface area contributed by atoms with E-state index in [1.165, 1.54) is 23.5 Å². The lowest BCUT2D eigenvalue weighted by molar-refractivity contribution is 0.0633. The minimum atomic E-state index is -0.526. The van der Waals surface area contributed by atoms with Crippen LogP contribution in [0.2, 0.25) is 0 Å². The average Bonchev–Trinajstić information content (AvgIpc) is 3.17. The van der Waals surface area contributed by atoms with E-state index >= 15 is 0 Å². The third-order valence-corrected chi connectivity index (χ3v) is 5.31. The first-order valence-corrected chi connectivity index (χ1v) is 9.65. The molecule has 0 bridgehead atoms. The molecule has 144 valence electrons. The minimum Gasteiger partial charge on any atom is -0.351 e. The normalized spacial score (nSPS) is 15.0. The molecular weight excluding hydrogens is 369 g/mol. The summed E-state index contributed by atoms with van der Waals surface area (Å²) in [7, 11) is 0. The molecule has 2 aromatic rings. The van der Waals surface area contributed by atoms with Crippen LogP contribution in [0, 0.1) is 5.82 Å². The van der Waals surface area contributed by atoms with E-state index in [2.05, 4.69) is 15.2 Å². The number of nitrogens with two attached hydrogens (primary N) is 1. The number of piperazine rings is 1. The lowest BCUT2D eigenvalue weighted by atomic mass is 10.2. The van der Waals surface area contributed by atoms with Crippen molar-refractivity contribution in [2.45, 2.75) is 6.54 Å². The SMILES string of the molecule is NCc1nc(C(=O)N2CCN(CCNC(=O)c3ccccc3F)CC2)cs1. The lowest BCUT2D eigenvalue weighted by Crippen LogP contribution is -2.50. The summed E-state index contributed by atoms with van der Waals surface area (Å²) in [6.45, 7) is 4.06. The van der Waals surface area contributed by atoms with Crippen LogP contribution in [0.4, 0.5) is 4.39 Å². The Bertz CT molecular complexity index is 805. The van der Waals surface area contributed by atoms with Crippen molar-refractivity contribution in [3.8, 4) is 0 Å². The van der Waals surface area contributed by atoms with Gasteiger partial charge in [0.2, 0.25) is 0 Å². The molecule has 1 aliphatic heterocycles. The first-order chi connectivity index (χ1) is 13.1. The number of rotatable bonds is 6. The Hall–Kier alpha value is -2.36. The van der Waals surface area contributed by atoms with Gasteiger partial charge in [0, 0.05) is 51.2 Å². The van der Waals surface area contributed by atoms with Crippen molar-refractivity contribution in [3.63, 3.8) is 0 Å². The fraction of sp³-hybridized carbons (Fsp3) is 0.389. The number of nitrogens with zero attached hydrogens (tertiary/aromatic N) is 3. The number of amides is 2. The molecule has 0 spiro atoms. The largest absolute Gasteiger partial charge is 0.351 e. The molecule has 7 nitrogen and oxygen atoms in total. The standard InChI is InChI=1S/C18H22FN5O2S/c19-14-4-2-1-3-13(14)17(25)21-5-6-23-7-9-24(10-8-23)18(26)15-12-27-16(11-20)22-15/h1-4,12H,5-11,20H2,(H,21,25). The number of hydrogen-bond acceptors (Lipinski definition) is 6. The van der Waals surface area contributed by atoms with Crippen molar-refractivity contribution in [1.29, 1.82) is 0 Å². The molecule has 0 radical (unpaired) electrons. The lowest BCUT2D eigenvalue weighted by Gasteiger charge is -2.34. The van der Waals surface area contributed by atoms with Gasteiger partial charge in [0.25, 0.3) is 11.8 Å². The smallest absolute Gasteiger partial charge is 0.273 e. The number of nitrogens with one attached hydrogen (secondary N) is 1. The Kier molecular flexibility index (Phi) is 6.49. The highest BCUT2D eigenvalue weighted by Crippen LogP contribution is 2.13. The second kappa shape index (κ2) is 9.03. The van der Waals surface area contributed by atoms with E-state index in [1.807, 2.05) is 0 Å². The van der Waals surface area contributed by atoms with Gasteiger partial charge in [-0.3, -0.25) is 14.5 Å². The predicted molar refractivity (Wildman–Crippen MR) is 101 cm³/mol. The van der Waals surface area contributed by atoms with Gasteiger partial charge < -0.3 is 16.0 Å². The van der Waals surface area contributed by atoms with E-state index in [1.54, 1.807) is 22.4 Å². The van der Waals surface area contributed by atoms with Crippen LogP contribution in [-0.4, -0.2) is 65.9 Å². The van der Waals surface area contributed by atoms with Crippen molar-refractivity contribution in [2.24, 2.45) is 5.73 Å². The summed E-state index contributed by atoms with van der Waals surface area (Å²) in [6, 6.07) is 5.91. The van der Waals surface area contributed by atoms with E-state index in [9.17, 15) is 14.0 Å². The van der Waals surface area contributed by atoms with Crippen molar-refractivity contribution in [3.05, 3.63) is 51.7 Å². The molecule has 1 aliphatic rings. The van der Waals surface area contributed by atoms with Gasteiger partial charge in [0.05, 0.1) is 5.56 Å². The first-order valence-electron chi connectivity index (χ1n) is 8.77. The molecule has 0 saturated carbocycles. The third kappa shape index (κ3) is 4.88. The zero-order chi connectivity index (χ0) is 19.2. The molecule has 3 N–H and O–H groups in total. The molecule has 0 atom stereocenters. The van der Waals surface area contributed by atoms with Crippen LogP contribution in [0.25, 0.3) is 0 Å². The number of thiazole rings is 1. The van der Waals surface area contributed by atoms with Crippen LogP contribution < -0.4 is 11.1 Å². The molecule has 1 fully saturated rings.